The van der Waals surface area contributed by atoms with E-state index in [4.69, 9.17) is 9.47 Å². The number of unbranched alkanes of at least 4 members (excludes halogenated alkanes) is 2. The summed E-state index contributed by atoms with van der Waals surface area (Å²) in [6.07, 6.45) is 1.93. The van der Waals surface area contributed by atoms with E-state index in [0.717, 1.165) is 49.4 Å². The van der Waals surface area contributed by atoms with Crippen molar-refractivity contribution in [2.75, 3.05) is 36.1 Å². The maximum atomic E-state index is 12.4. The van der Waals surface area contributed by atoms with Gasteiger partial charge in [0.2, 0.25) is 0 Å². The summed E-state index contributed by atoms with van der Waals surface area (Å²) in [6.45, 7) is 10.5. The summed E-state index contributed by atoms with van der Waals surface area (Å²) in [5.74, 6) is 0. The number of benzene rings is 1. The predicted octanol–water partition coefficient (Wildman–Crippen LogP) is 5.21. The lowest BCUT2D eigenvalue weighted by Gasteiger charge is -2.23. The van der Waals surface area contributed by atoms with Gasteiger partial charge in [0.1, 0.15) is 0 Å². The number of nitrogens with zero attached hydrogens (tertiary/aromatic N) is 2. The third-order valence-corrected chi connectivity index (χ3v) is 4.05. The Balaban J connectivity index is 2.95. The monoisotopic (exact) mass is 364 g/mol. The molecule has 0 aliphatic rings. The van der Waals surface area contributed by atoms with Crippen molar-refractivity contribution in [2.24, 2.45) is 0 Å². The molecule has 146 valence electrons. The lowest BCUT2D eigenvalue weighted by Crippen LogP contribution is -2.38. The van der Waals surface area contributed by atoms with Crippen molar-refractivity contribution in [2.45, 2.75) is 53.4 Å². The highest BCUT2D eigenvalue weighted by Gasteiger charge is 2.26. The molecule has 0 radical (unpaired) electrons. The fraction of sp³-hybridized carbons (Fsp3) is 0.600. The Morgan fingerprint density at radius 1 is 0.769 bits per heavy atom. The molecule has 0 saturated carbocycles. The number of ether oxygens (including phenoxy) is 2. The number of anilines is 2. The smallest absolute Gasteiger partial charge is 0.424 e. The van der Waals surface area contributed by atoms with E-state index in [-0.39, 0.29) is 13.2 Å². The van der Waals surface area contributed by atoms with Crippen LogP contribution in [-0.4, -0.2) is 38.5 Å². The molecule has 0 unspecified atom stereocenters. The van der Waals surface area contributed by atoms with Crippen LogP contribution < -0.4 is 9.80 Å². The molecule has 6 heteroatoms. The number of amides is 2. The van der Waals surface area contributed by atoms with Crippen LogP contribution in [0.5, 0.6) is 0 Å². The molecule has 6 nitrogen and oxygen atoms in total. The number of imide groups is 1. The zero-order chi connectivity index (χ0) is 19.4. The van der Waals surface area contributed by atoms with Gasteiger partial charge in [-0.25, -0.2) is 9.59 Å². The van der Waals surface area contributed by atoms with Crippen LogP contribution in [0.15, 0.2) is 24.3 Å². The summed E-state index contributed by atoms with van der Waals surface area (Å²) in [7, 11) is 0. The van der Waals surface area contributed by atoms with Crippen LogP contribution in [0.25, 0.3) is 0 Å². The first kappa shape index (κ1) is 21.8. The molecule has 2 amide bonds. The molecule has 0 aromatic heterocycles. The minimum atomic E-state index is -0.699. The van der Waals surface area contributed by atoms with Crippen molar-refractivity contribution in [3.05, 3.63) is 24.3 Å². The summed E-state index contributed by atoms with van der Waals surface area (Å²) in [6, 6.07) is 7.29. The van der Waals surface area contributed by atoms with E-state index < -0.39 is 12.2 Å². The molecule has 1 aromatic rings. The van der Waals surface area contributed by atoms with Crippen LogP contribution in [0.3, 0.4) is 0 Å². The molecule has 0 aliphatic carbocycles. The van der Waals surface area contributed by atoms with Crippen LogP contribution in [0.4, 0.5) is 21.0 Å². The summed E-state index contributed by atoms with van der Waals surface area (Å²) in [4.78, 5) is 28.0. The molecule has 0 fully saturated rings. The number of carbonyl (C=O) groups is 2. The second-order valence-electron chi connectivity index (χ2n) is 5.96. The van der Waals surface area contributed by atoms with Crippen molar-refractivity contribution in [1.29, 1.82) is 0 Å². The average molecular weight is 364 g/mol. The highest BCUT2D eigenvalue weighted by atomic mass is 16.6. The molecule has 0 spiro atoms. The minimum absolute atomic E-state index is 0.283. The van der Waals surface area contributed by atoms with Crippen LogP contribution in [0, 0.1) is 0 Å². The van der Waals surface area contributed by atoms with E-state index in [1.54, 1.807) is 12.1 Å². The average Bonchev–Trinajstić information content (AvgIpc) is 2.64. The second kappa shape index (κ2) is 12.2. The van der Waals surface area contributed by atoms with Crippen molar-refractivity contribution >= 4 is 23.6 Å². The van der Waals surface area contributed by atoms with Gasteiger partial charge >= 0.3 is 12.2 Å². The van der Waals surface area contributed by atoms with Crippen molar-refractivity contribution in [3.8, 4) is 0 Å². The first-order chi connectivity index (χ1) is 12.6. The van der Waals surface area contributed by atoms with E-state index >= 15 is 0 Å². The fourth-order valence-electron chi connectivity index (χ4n) is 2.42. The molecule has 0 aliphatic heterocycles. The van der Waals surface area contributed by atoms with Gasteiger partial charge in [-0.1, -0.05) is 26.7 Å². The zero-order valence-corrected chi connectivity index (χ0v) is 16.5. The van der Waals surface area contributed by atoms with Gasteiger partial charge in [0, 0.05) is 18.8 Å². The minimum Gasteiger partial charge on any atom is -0.449 e. The van der Waals surface area contributed by atoms with Gasteiger partial charge in [0.15, 0.2) is 0 Å². The molecule has 0 saturated heterocycles. The molecule has 0 N–H and O–H groups in total. The third kappa shape index (κ3) is 6.58. The molecular formula is C20H32N2O4. The highest BCUT2D eigenvalue weighted by Crippen LogP contribution is 2.22. The Morgan fingerprint density at radius 3 is 1.58 bits per heavy atom. The third-order valence-electron chi connectivity index (χ3n) is 4.05. The largest absolute Gasteiger partial charge is 0.449 e. The maximum absolute atomic E-state index is 12.4. The Bertz CT molecular complexity index is 519. The molecule has 1 rings (SSSR count). The Kier molecular flexibility index (Phi) is 10.2. The normalized spacial score (nSPS) is 10.3. The van der Waals surface area contributed by atoms with Gasteiger partial charge < -0.3 is 14.4 Å². The zero-order valence-electron chi connectivity index (χ0n) is 16.5. The SMILES string of the molecule is CCCCOC(=O)N(C(=O)OCCCC)c1ccc(N(CC)CC)cc1. The van der Waals surface area contributed by atoms with Gasteiger partial charge in [0.25, 0.3) is 0 Å². The Labute approximate surface area is 157 Å². The van der Waals surface area contributed by atoms with Crippen LogP contribution in [0.1, 0.15) is 53.4 Å². The van der Waals surface area contributed by atoms with Gasteiger partial charge in [-0.05, 0) is 51.0 Å². The summed E-state index contributed by atoms with van der Waals surface area (Å²) < 4.78 is 10.4. The Morgan fingerprint density at radius 2 is 1.19 bits per heavy atom. The number of hydrogen-bond acceptors (Lipinski definition) is 5. The lowest BCUT2D eigenvalue weighted by molar-refractivity contribution is 0.133. The molecule has 0 bridgehead atoms. The number of hydrogen-bond donors (Lipinski definition) is 0. The maximum Gasteiger partial charge on any atom is 0.424 e. The van der Waals surface area contributed by atoms with Crippen molar-refractivity contribution in [3.63, 3.8) is 0 Å². The standard InChI is InChI=1S/C20H32N2O4/c1-5-9-15-25-19(23)22(20(24)26-16-10-6-2)18-13-11-17(12-14-18)21(7-3)8-4/h11-14H,5-10,15-16H2,1-4H3. The van der Waals surface area contributed by atoms with Crippen molar-refractivity contribution < 1.29 is 19.1 Å². The predicted molar refractivity (Wildman–Crippen MR) is 105 cm³/mol. The van der Waals surface area contributed by atoms with E-state index in [2.05, 4.69) is 18.7 Å². The van der Waals surface area contributed by atoms with Crippen LogP contribution in [-0.2, 0) is 9.47 Å². The van der Waals surface area contributed by atoms with E-state index in [1.165, 1.54) is 0 Å². The second-order valence-corrected chi connectivity index (χ2v) is 5.96. The summed E-state index contributed by atoms with van der Waals surface area (Å²) in [5, 5.41) is 0. The van der Waals surface area contributed by atoms with Crippen LogP contribution in [0.2, 0.25) is 0 Å². The summed E-state index contributed by atoms with van der Waals surface area (Å²) in [5.41, 5.74) is 1.49. The van der Waals surface area contributed by atoms with E-state index in [1.807, 2.05) is 26.0 Å². The molecule has 0 atom stereocenters. The first-order valence-corrected chi connectivity index (χ1v) is 9.57. The van der Waals surface area contributed by atoms with Gasteiger partial charge in [-0.3, -0.25) is 0 Å². The molecule has 26 heavy (non-hydrogen) atoms. The summed E-state index contributed by atoms with van der Waals surface area (Å²) >= 11 is 0. The van der Waals surface area contributed by atoms with Crippen molar-refractivity contribution in [1.82, 2.24) is 0 Å². The molecular weight excluding hydrogens is 332 g/mol. The molecule has 0 heterocycles. The van der Waals surface area contributed by atoms with Gasteiger partial charge in [-0.15, -0.1) is 0 Å². The number of carbonyl (C=O) groups excluding carboxylic acids is 2. The highest BCUT2D eigenvalue weighted by molar-refractivity contribution is 6.09. The van der Waals surface area contributed by atoms with E-state index in [0.29, 0.717) is 5.69 Å². The van der Waals surface area contributed by atoms with Crippen LogP contribution >= 0.6 is 0 Å². The van der Waals surface area contributed by atoms with Gasteiger partial charge in [-0.2, -0.15) is 4.90 Å². The van der Waals surface area contributed by atoms with E-state index in [9.17, 15) is 9.59 Å². The topological polar surface area (TPSA) is 59.1 Å². The number of rotatable bonds is 10. The quantitative estimate of drug-likeness (QED) is 0.533. The Hall–Kier alpha value is -2.24. The fourth-order valence-corrected chi connectivity index (χ4v) is 2.42. The molecule has 1 aromatic carbocycles. The first-order valence-electron chi connectivity index (χ1n) is 9.57. The lowest BCUT2D eigenvalue weighted by atomic mass is 10.2. The van der Waals surface area contributed by atoms with Gasteiger partial charge in [0.05, 0.1) is 18.9 Å².